The second-order valence-electron chi connectivity index (χ2n) is 7.55. The molecule has 2 rings (SSSR count). The van der Waals surface area contributed by atoms with Gasteiger partial charge in [0.2, 0.25) is 0 Å². The zero-order valence-electron chi connectivity index (χ0n) is 15.4. The zero-order valence-corrected chi connectivity index (χ0v) is 15.4. The van der Waals surface area contributed by atoms with Gasteiger partial charge in [0.1, 0.15) is 0 Å². The van der Waals surface area contributed by atoms with Gasteiger partial charge in [0, 0.05) is 18.9 Å². The molecule has 4 nitrogen and oxygen atoms in total. The van der Waals surface area contributed by atoms with E-state index in [4.69, 9.17) is 18.9 Å². The van der Waals surface area contributed by atoms with Crippen molar-refractivity contribution in [2.45, 2.75) is 79.4 Å². The fraction of sp³-hybridized carbons (Fsp3) is 1.00. The van der Waals surface area contributed by atoms with Crippen LogP contribution < -0.4 is 0 Å². The van der Waals surface area contributed by atoms with Gasteiger partial charge >= 0.3 is 0 Å². The zero-order chi connectivity index (χ0) is 16.6. The molecule has 0 aromatic rings. The summed E-state index contributed by atoms with van der Waals surface area (Å²) in [6, 6.07) is 0. The maximum Gasteiger partial charge on any atom is 0.161 e. The molecule has 2 fully saturated rings. The highest BCUT2D eigenvalue weighted by molar-refractivity contribution is 4.87. The summed E-state index contributed by atoms with van der Waals surface area (Å²) in [6.07, 6.45) is -0.00699. The van der Waals surface area contributed by atoms with Gasteiger partial charge < -0.3 is 18.9 Å². The minimum absolute atomic E-state index is 0.0110. The molecule has 2 heterocycles. The Morgan fingerprint density at radius 2 is 1.14 bits per heavy atom. The molecule has 10 atom stereocenters. The summed E-state index contributed by atoms with van der Waals surface area (Å²) in [5, 5.41) is 0. The molecule has 0 radical (unpaired) electrons. The lowest BCUT2D eigenvalue weighted by Gasteiger charge is -2.48. The fourth-order valence-electron chi connectivity index (χ4n) is 3.82. The van der Waals surface area contributed by atoms with Crippen LogP contribution in [-0.4, -0.2) is 38.0 Å². The molecule has 0 spiro atoms. The highest BCUT2D eigenvalue weighted by atomic mass is 16.7. The van der Waals surface area contributed by atoms with Gasteiger partial charge in [-0.2, -0.15) is 0 Å². The van der Waals surface area contributed by atoms with Crippen LogP contribution in [0.3, 0.4) is 0 Å². The van der Waals surface area contributed by atoms with Crippen molar-refractivity contribution in [2.75, 3.05) is 7.11 Å². The third-order valence-electron chi connectivity index (χ3n) is 6.29. The third-order valence-corrected chi connectivity index (χ3v) is 6.29. The molecule has 0 bridgehead atoms. The molecule has 0 aromatic carbocycles. The van der Waals surface area contributed by atoms with E-state index in [1.807, 2.05) is 0 Å². The summed E-state index contributed by atoms with van der Waals surface area (Å²) in [4.78, 5) is 0. The molecule has 0 aliphatic carbocycles. The van der Waals surface area contributed by atoms with Crippen LogP contribution in [0, 0.1) is 29.6 Å². The first-order valence-corrected chi connectivity index (χ1v) is 8.77. The number of methoxy groups -OCH3 is 1. The van der Waals surface area contributed by atoms with Gasteiger partial charge in [0.25, 0.3) is 0 Å². The van der Waals surface area contributed by atoms with Crippen molar-refractivity contribution in [1.82, 2.24) is 0 Å². The standard InChI is InChI=1S/C18H34O4/c1-9-10(2)14(6)20-18(12(9)4)22-16-11(3)13(5)17(19-8)21-15(16)7/h9-18H,1-8H3/t9-,10?,11+,12+,13+,14+,15+,16-,17+,18-/m0/s1. The van der Waals surface area contributed by atoms with Crippen molar-refractivity contribution < 1.29 is 18.9 Å². The molecule has 130 valence electrons. The Morgan fingerprint density at radius 3 is 1.73 bits per heavy atom. The van der Waals surface area contributed by atoms with Crippen LogP contribution >= 0.6 is 0 Å². The van der Waals surface area contributed by atoms with E-state index in [1.165, 1.54) is 0 Å². The van der Waals surface area contributed by atoms with Crippen molar-refractivity contribution >= 4 is 0 Å². The first kappa shape index (κ1) is 18.2. The molecule has 0 amide bonds. The molecule has 1 unspecified atom stereocenters. The molecule has 2 aliphatic heterocycles. The molecule has 0 N–H and O–H groups in total. The Morgan fingerprint density at radius 1 is 0.591 bits per heavy atom. The molecule has 22 heavy (non-hydrogen) atoms. The maximum atomic E-state index is 6.42. The lowest BCUT2D eigenvalue weighted by Crippen LogP contribution is -2.54. The van der Waals surface area contributed by atoms with Crippen LogP contribution in [-0.2, 0) is 18.9 Å². The SMILES string of the molecule is CO[C@@H]1O[C@H](C)[C@@H](O[C@@H]2O[C@H](C)C(C)[C@H](C)[C@H]2C)[C@H](C)[C@H]1C. The third kappa shape index (κ3) is 3.35. The topological polar surface area (TPSA) is 36.9 Å². The van der Waals surface area contributed by atoms with E-state index in [9.17, 15) is 0 Å². The van der Waals surface area contributed by atoms with Gasteiger partial charge in [-0.05, 0) is 31.6 Å². The Labute approximate surface area is 135 Å². The number of rotatable bonds is 3. The Kier molecular flexibility index (Phi) is 5.92. The summed E-state index contributed by atoms with van der Waals surface area (Å²) in [7, 11) is 1.71. The largest absolute Gasteiger partial charge is 0.356 e. The van der Waals surface area contributed by atoms with Crippen molar-refractivity contribution in [1.29, 1.82) is 0 Å². The average Bonchev–Trinajstić information content (AvgIpc) is 2.49. The predicted molar refractivity (Wildman–Crippen MR) is 86.4 cm³/mol. The summed E-state index contributed by atoms with van der Waals surface area (Å²) in [5.74, 6) is 2.21. The summed E-state index contributed by atoms with van der Waals surface area (Å²) in [5.41, 5.74) is 0. The van der Waals surface area contributed by atoms with E-state index in [0.717, 1.165) is 0 Å². The van der Waals surface area contributed by atoms with Gasteiger partial charge in [0.05, 0.1) is 18.3 Å². The molecule has 2 saturated heterocycles. The molecule has 0 saturated carbocycles. The monoisotopic (exact) mass is 314 g/mol. The van der Waals surface area contributed by atoms with Gasteiger partial charge in [-0.25, -0.2) is 0 Å². The predicted octanol–water partition coefficient (Wildman–Crippen LogP) is 3.69. The number of hydrogen-bond donors (Lipinski definition) is 0. The van der Waals surface area contributed by atoms with Crippen LogP contribution in [0.15, 0.2) is 0 Å². The normalized spacial score (nSPS) is 53.5. The maximum absolute atomic E-state index is 6.42. The number of hydrogen-bond acceptors (Lipinski definition) is 4. The van der Waals surface area contributed by atoms with Gasteiger partial charge in [0.15, 0.2) is 12.6 Å². The smallest absolute Gasteiger partial charge is 0.161 e. The minimum atomic E-state index is -0.147. The highest BCUT2D eigenvalue weighted by Crippen LogP contribution is 2.39. The van der Waals surface area contributed by atoms with Crippen molar-refractivity contribution in [3.8, 4) is 0 Å². The molecular formula is C18H34O4. The summed E-state index contributed by atoms with van der Waals surface area (Å²) in [6.45, 7) is 15.4. The Balaban J connectivity index is 2.06. The average molecular weight is 314 g/mol. The van der Waals surface area contributed by atoms with E-state index < -0.39 is 0 Å². The molecule has 4 heteroatoms. The highest BCUT2D eigenvalue weighted by Gasteiger charge is 2.44. The van der Waals surface area contributed by atoms with Crippen molar-refractivity contribution in [2.24, 2.45) is 29.6 Å². The van der Waals surface area contributed by atoms with E-state index in [-0.39, 0.29) is 30.9 Å². The van der Waals surface area contributed by atoms with E-state index in [2.05, 4.69) is 48.5 Å². The van der Waals surface area contributed by atoms with Gasteiger partial charge in [-0.1, -0.05) is 34.6 Å². The van der Waals surface area contributed by atoms with Crippen LogP contribution in [0.25, 0.3) is 0 Å². The van der Waals surface area contributed by atoms with Crippen LogP contribution in [0.5, 0.6) is 0 Å². The summed E-state index contributed by atoms with van der Waals surface area (Å²) >= 11 is 0. The molecule has 0 aromatic heterocycles. The summed E-state index contributed by atoms with van der Waals surface area (Å²) < 4.78 is 24.0. The van der Waals surface area contributed by atoms with Gasteiger partial charge in [-0.15, -0.1) is 0 Å². The fourth-order valence-corrected chi connectivity index (χ4v) is 3.82. The van der Waals surface area contributed by atoms with E-state index in [1.54, 1.807) is 7.11 Å². The molecular weight excluding hydrogens is 280 g/mol. The lowest BCUT2D eigenvalue weighted by molar-refractivity contribution is -0.316. The minimum Gasteiger partial charge on any atom is -0.356 e. The Hall–Kier alpha value is -0.160. The number of ether oxygens (including phenoxy) is 4. The molecule has 2 aliphatic rings. The lowest BCUT2D eigenvalue weighted by atomic mass is 9.79. The van der Waals surface area contributed by atoms with Crippen LogP contribution in [0.4, 0.5) is 0 Å². The van der Waals surface area contributed by atoms with Crippen molar-refractivity contribution in [3.05, 3.63) is 0 Å². The first-order valence-electron chi connectivity index (χ1n) is 8.77. The Bertz CT molecular complexity index is 361. The van der Waals surface area contributed by atoms with Crippen molar-refractivity contribution in [3.63, 3.8) is 0 Å². The second kappa shape index (κ2) is 7.16. The van der Waals surface area contributed by atoms with E-state index in [0.29, 0.717) is 29.6 Å². The van der Waals surface area contributed by atoms with E-state index >= 15 is 0 Å². The second-order valence-corrected chi connectivity index (χ2v) is 7.55. The van der Waals surface area contributed by atoms with Crippen LogP contribution in [0.2, 0.25) is 0 Å². The van der Waals surface area contributed by atoms with Crippen LogP contribution in [0.1, 0.15) is 48.5 Å². The quantitative estimate of drug-likeness (QED) is 0.796. The van der Waals surface area contributed by atoms with Gasteiger partial charge in [-0.3, -0.25) is 0 Å². The first-order chi connectivity index (χ1) is 10.3.